The lowest BCUT2D eigenvalue weighted by molar-refractivity contribution is 0.100. The van der Waals surface area contributed by atoms with Crippen molar-refractivity contribution in [2.75, 3.05) is 5.73 Å². The highest BCUT2D eigenvalue weighted by Gasteiger charge is 2.06. The second-order valence-corrected chi connectivity index (χ2v) is 2.34. The van der Waals surface area contributed by atoms with E-state index in [-0.39, 0.29) is 11.4 Å². The van der Waals surface area contributed by atoms with E-state index in [1.165, 1.54) is 6.20 Å². The number of hydrogen-bond acceptors (Lipinski definition) is 4. The van der Waals surface area contributed by atoms with Crippen molar-refractivity contribution < 1.29 is 4.79 Å². The molecule has 0 aliphatic rings. The van der Waals surface area contributed by atoms with Crippen molar-refractivity contribution in [3.63, 3.8) is 0 Å². The van der Waals surface area contributed by atoms with Gasteiger partial charge in [-0.25, -0.2) is 4.98 Å². The van der Waals surface area contributed by atoms with Gasteiger partial charge < -0.3 is 17.2 Å². The van der Waals surface area contributed by atoms with Crippen molar-refractivity contribution >= 4 is 11.7 Å². The summed E-state index contributed by atoms with van der Waals surface area (Å²) in [5, 5.41) is 0. The molecule has 6 N–H and O–H groups in total. The van der Waals surface area contributed by atoms with Crippen LogP contribution >= 0.6 is 0 Å². The minimum Gasteiger partial charge on any atom is -0.383 e. The summed E-state index contributed by atoms with van der Waals surface area (Å²) in [4.78, 5) is 14.5. The molecule has 1 aromatic rings. The summed E-state index contributed by atoms with van der Waals surface area (Å²) in [7, 11) is 0. The van der Waals surface area contributed by atoms with Crippen LogP contribution in [0, 0.1) is 0 Å². The first-order valence-corrected chi connectivity index (χ1v) is 3.39. The van der Waals surface area contributed by atoms with Gasteiger partial charge in [0.15, 0.2) is 0 Å². The van der Waals surface area contributed by atoms with E-state index in [2.05, 4.69) is 4.98 Å². The second kappa shape index (κ2) is 3.19. The first kappa shape index (κ1) is 8.48. The zero-order valence-electron chi connectivity index (χ0n) is 6.45. The molecular formula is C7H10N4O. The van der Waals surface area contributed by atoms with Crippen LogP contribution in [0.15, 0.2) is 12.3 Å². The van der Waals surface area contributed by atoms with Crippen LogP contribution < -0.4 is 17.2 Å². The first-order valence-electron chi connectivity index (χ1n) is 3.39. The molecule has 5 nitrogen and oxygen atoms in total. The summed E-state index contributed by atoms with van der Waals surface area (Å²) in [6.07, 6.45) is 1.52. The molecule has 1 heterocycles. The lowest BCUT2D eigenvalue weighted by atomic mass is 10.2. The van der Waals surface area contributed by atoms with Gasteiger partial charge in [0.05, 0.1) is 5.56 Å². The summed E-state index contributed by atoms with van der Waals surface area (Å²) >= 11 is 0. The Morgan fingerprint density at radius 3 is 2.75 bits per heavy atom. The predicted octanol–water partition coefficient (Wildman–Crippen LogP) is -0.779. The molecule has 1 aromatic heterocycles. The molecule has 0 bridgehead atoms. The number of aromatic nitrogens is 1. The fourth-order valence-corrected chi connectivity index (χ4v) is 0.828. The van der Waals surface area contributed by atoms with Crippen LogP contribution in [0.5, 0.6) is 0 Å². The molecule has 0 saturated carbocycles. The van der Waals surface area contributed by atoms with Crippen LogP contribution in [0.1, 0.15) is 15.9 Å². The van der Waals surface area contributed by atoms with Crippen molar-refractivity contribution in [3.8, 4) is 0 Å². The van der Waals surface area contributed by atoms with Crippen molar-refractivity contribution in [1.82, 2.24) is 4.98 Å². The van der Waals surface area contributed by atoms with Gasteiger partial charge >= 0.3 is 0 Å². The number of carbonyl (C=O) groups excluding carboxylic acids is 1. The number of nitrogens with zero attached hydrogens (tertiary/aromatic N) is 1. The van der Waals surface area contributed by atoms with Gasteiger partial charge in [-0.05, 0) is 11.6 Å². The maximum Gasteiger partial charge on any atom is 0.252 e. The number of anilines is 1. The molecule has 1 amide bonds. The number of nitrogen functional groups attached to an aromatic ring is 1. The zero-order chi connectivity index (χ0) is 9.14. The molecule has 64 valence electrons. The third-order valence-corrected chi connectivity index (χ3v) is 1.48. The van der Waals surface area contributed by atoms with E-state index >= 15 is 0 Å². The Morgan fingerprint density at radius 2 is 2.25 bits per heavy atom. The van der Waals surface area contributed by atoms with E-state index in [0.29, 0.717) is 6.54 Å². The Kier molecular flexibility index (Phi) is 2.25. The number of hydrogen-bond donors (Lipinski definition) is 3. The zero-order valence-corrected chi connectivity index (χ0v) is 6.45. The van der Waals surface area contributed by atoms with Gasteiger partial charge in [-0.1, -0.05) is 0 Å². The highest BCUT2D eigenvalue weighted by molar-refractivity contribution is 5.97. The molecule has 5 heteroatoms. The first-order chi connectivity index (χ1) is 5.65. The maximum absolute atomic E-state index is 10.8. The molecule has 12 heavy (non-hydrogen) atoms. The average molecular weight is 166 g/mol. The Labute approximate surface area is 69.6 Å². The number of rotatable bonds is 2. The van der Waals surface area contributed by atoms with Gasteiger partial charge in [0.1, 0.15) is 5.82 Å². The number of carbonyl (C=O) groups is 1. The average Bonchev–Trinajstić information content (AvgIpc) is 2.05. The Bertz CT molecular complexity index is 310. The fraction of sp³-hybridized carbons (Fsp3) is 0.143. The molecule has 0 aliphatic heterocycles. The van der Waals surface area contributed by atoms with Crippen molar-refractivity contribution in [2.24, 2.45) is 11.5 Å². The normalized spacial score (nSPS) is 9.75. The molecule has 1 rings (SSSR count). The number of nitrogens with two attached hydrogens (primary N) is 3. The minimum atomic E-state index is -0.588. The van der Waals surface area contributed by atoms with Crippen LogP contribution in [0.25, 0.3) is 0 Å². The summed E-state index contributed by atoms with van der Waals surface area (Å²) in [6.45, 7) is 0.313. The van der Waals surface area contributed by atoms with Crippen LogP contribution in [0.2, 0.25) is 0 Å². The molecule has 0 spiro atoms. The largest absolute Gasteiger partial charge is 0.383 e. The molecule has 0 fully saturated rings. The minimum absolute atomic E-state index is 0.139. The van der Waals surface area contributed by atoms with Gasteiger partial charge in [0, 0.05) is 12.7 Å². The van der Waals surface area contributed by atoms with Crippen LogP contribution in [0.3, 0.4) is 0 Å². The van der Waals surface area contributed by atoms with Gasteiger partial charge in [0.2, 0.25) is 0 Å². The molecule has 0 unspecified atom stereocenters. The third-order valence-electron chi connectivity index (χ3n) is 1.48. The lowest BCUT2D eigenvalue weighted by Crippen LogP contribution is -2.15. The quantitative estimate of drug-likeness (QED) is 0.535. The second-order valence-electron chi connectivity index (χ2n) is 2.34. The van der Waals surface area contributed by atoms with Crippen LogP contribution in [0.4, 0.5) is 5.82 Å². The van der Waals surface area contributed by atoms with Gasteiger partial charge in [0.25, 0.3) is 5.91 Å². The third kappa shape index (κ3) is 1.51. The molecule has 0 saturated heterocycles. The van der Waals surface area contributed by atoms with Crippen LogP contribution in [-0.4, -0.2) is 10.9 Å². The van der Waals surface area contributed by atoms with E-state index in [4.69, 9.17) is 17.2 Å². The van der Waals surface area contributed by atoms with E-state index < -0.39 is 5.91 Å². The lowest BCUT2D eigenvalue weighted by Gasteiger charge is -2.01. The topological polar surface area (TPSA) is 108 Å². The Hall–Kier alpha value is -1.62. The van der Waals surface area contributed by atoms with E-state index in [9.17, 15) is 4.79 Å². The SMILES string of the molecule is NCc1cnc(N)c(C(N)=O)c1. The number of amides is 1. The highest BCUT2D eigenvalue weighted by atomic mass is 16.1. The van der Waals surface area contributed by atoms with Crippen molar-refractivity contribution in [2.45, 2.75) is 6.54 Å². The van der Waals surface area contributed by atoms with E-state index in [1.54, 1.807) is 6.07 Å². The maximum atomic E-state index is 10.8. The molecule has 0 aromatic carbocycles. The molecule has 0 atom stereocenters. The Morgan fingerprint density at radius 1 is 1.58 bits per heavy atom. The monoisotopic (exact) mass is 166 g/mol. The number of primary amides is 1. The summed E-state index contributed by atoms with van der Waals surface area (Å²) in [5.74, 6) is -0.449. The van der Waals surface area contributed by atoms with Gasteiger partial charge in [-0.3, -0.25) is 4.79 Å². The smallest absolute Gasteiger partial charge is 0.252 e. The fourth-order valence-electron chi connectivity index (χ4n) is 0.828. The van der Waals surface area contributed by atoms with Gasteiger partial charge in [-0.15, -0.1) is 0 Å². The van der Waals surface area contributed by atoms with E-state index in [1.807, 2.05) is 0 Å². The molecule has 0 radical (unpaired) electrons. The van der Waals surface area contributed by atoms with Crippen molar-refractivity contribution in [1.29, 1.82) is 0 Å². The van der Waals surface area contributed by atoms with Gasteiger partial charge in [-0.2, -0.15) is 0 Å². The molecular weight excluding hydrogens is 156 g/mol. The number of pyridine rings is 1. The summed E-state index contributed by atoms with van der Waals surface area (Å²) in [6, 6.07) is 1.55. The standard InChI is InChI=1S/C7H10N4O/c8-2-4-1-5(7(10)12)6(9)11-3-4/h1,3H,2,8H2,(H2,9,11)(H2,10,12). The summed E-state index contributed by atoms with van der Waals surface area (Å²) < 4.78 is 0. The van der Waals surface area contributed by atoms with Crippen molar-refractivity contribution in [3.05, 3.63) is 23.4 Å². The van der Waals surface area contributed by atoms with Crippen LogP contribution in [-0.2, 0) is 6.54 Å². The summed E-state index contributed by atoms with van der Waals surface area (Å²) in [5.41, 5.74) is 16.7. The Balaban J connectivity index is 3.17. The van der Waals surface area contributed by atoms with E-state index in [0.717, 1.165) is 5.56 Å². The molecule has 0 aliphatic carbocycles. The predicted molar refractivity (Wildman–Crippen MR) is 45.1 cm³/mol. The highest BCUT2D eigenvalue weighted by Crippen LogP contribution is 2.08.